The van der Waals surface area contributed by atoms with Crippen molar-refractivity contribution in [3.05, 3.63) is 71.3 Å². The Balaban J connectivity index is 2.05. The molecule has 0 atom stereocenters. The summed E-state index contributed by atoms with van der Waals surface area (Å²) in [5.41, 5.74) is 2.40. The molecule has 2 aromatic rings. The minimum Gasteiger partial charge on any atom is -0.444 e. The van der Waals surface area contributed by atoms with E-state index in [2.05, 4.69) is 11.8 Å². The fourth-order valence-electron chi connectivity index (χ4n) is 2.34. The van der Waals surface area contributed by atoms with E-state index >= 15 is 0 Å². The van der Waals surface area contributed by atoms with E-state index in [0.29, 0.717) is 19.7 Å². The highest BCUT2D eigenvalue weighted by Gasteiger charge is 2.22. The summed E-state index contributed by atoms with van der Waals surface area (Å²) in [6.07, 6.45) is -0.340. The van der Waals surface area contributed by atoms with Crippen LogP contribution in [0.1, 0.15) is 37.5 Å². The first kappa shape index (κ1) is 20.5. The molecule has 2 aromatic carbocycles. The zero-order valence-corrected chi connectivity index (χ0v) is 16.5. The van der Waals surface area contributed by atoms with Crippen LogP contribution >= 0.6 is 0 Å². The molecule has 0 bridgehead atoms. The minimum atomic E-state index is -0.528. The average Bonchev–Trinajstić information content (AvgIpc) is 2.64. The highest BCUT2D eigenvalue weighted by molar-refractivity contribution is 5.68. The fourth-order valence-corrected chi connectivity index (χ4v) is 2.34. The second-order valence-corrected chi connectivity index (χ2v) is 7.21. The zero-order valence-electron chi connectivity index (χ0n) is 16.5. The van der Waals surface area contributed by atoms with Gasteiger partial charge in [0.05, 0.1) is 6.61 Å². The molecule has 0 heterocycles. The van der Waals surface area contributed by atoms with E-state index in [1.54, 1.807) is 12.0 Å². The van der Waals surface area contributed by atoms with Crippen LogP contribution in [0, 0.1) is 11.8 Å². The first-order chi connectivity index (χ1) is 12.9. The van der Waals surface area contributed by atoms with Crippen LogP contribution in [0.4, 0.5) is 4.79 Å². The van der Waals surface area contributed by atoms with Crippen molar-refractivity contribution >= 4 is 6.09 Å². The Morgan fingerprint density at radius 1 is 0.963 bits per heavy atom. The number of carbonyl (C=O) groups is 1. The largest absolute Gasteiger partial charge is 0.444 e. The molecule has 4 nitrogen and oxygen atoms in total. The molecule has 1 amide bonds. The van der Waals surface area contributed by atoms with Crippen LogP contribution in [0.25, 0.3) is 0 Å². The highest BCUT2D eigenvalue weighted by atomic mass is 16.6. The van der Waals surface area contributed by atoms with Gasteiger partial charge in [-0.05, 0) is 50.6 Å². The Bertz CT molecular complexity index is 780. The summed E-state index contributed by atoms with van der Waals surface area (Å²) >= 11 is 0. The maximum absolute atomic E-state index is 12.4. The molecule has 4 heteroatoms. The fraction of sp³-hybridized carbons (Fsp3) is 0.348. The second kappa shape index (κ2) is 9.80. The van der Waals surface area contributed by atoms with E-state index in [1.807, 2.05) is 75.4 Å². The SMILES string of the molecule is COCCN(Cc1ccc(C#Cc2ccccc2)cc1)C(=O)OC(C)(C)C. The van der Waals surface area contributed by atoms with Crippen molar-refractivity contribution in [2.45, 2.75) is 32.9 Å². The van der Waals surface area contributed by atoms with E-state index < -0.39 is 5.60 Å². The van der Waals surface area contributed by atoms with Crippen molar-refractivity contribution in [3.8, 4) is 11.8 Å². The molecule has 0 radical (unpaired) electrons. The average molecular weight is 365 g/mol. The number of carbonyl (C=O) groups excluding carboxylic acids is 1. The van der Waals surface area contributed by atoms with Gasteiger partial charge < -0.3 is 14.4 Å². The van der Waals surface area contributed by atoms with Gasteiger partial charge in [0.1, 0.15) is 5.60 Å². The van der Waals surface area contributed by atoms with Crippen LogP contribution in [0.3, 0.4) is 0 Å². The molecule has 142 valence electrons. The number of hydrogen-bond acceptors (Lipinski definition) is 3. The van der Waals surface area contributed by atoms with Crippen LogP contribution in [0.15, 0.2) is 54.6 Å². The maximum atomic E-state index is 12.4. The van der Waals surface area contributed by atoms with Crippen LogP contribution in [-0.4, -0.2) is 36.9 Å². The minimum absolute atomic E-state index is 0.340. The van der Waals surface area contributed by atoms with E-state index in [1.165, 1.54) is 0 Å². The standard InChI is InChI=1S/C23H27NO3/c1-23(2,3)27-22(25)24(16-17-26-4)18-21-14-12-20(13-15-21)11-10-19-8-6-5-7-9-19/h5-9,12-15H,16-18H2,1-4H3. The number of hydrogen-bond donors (Lipinski definition) is 0. The molecule has 0 aliphatic rings. The molecule has 0 aliphatic carbocycles. The van der Waals surface area contributed by atoms with E-state index in [-0.39, 0.29) is 6.09 Å². The number of rotatable bonds is 5. The molecule has 0 aromatic heterocycles. The molecular formula is C23H27NO3. The summed E-state index contributed by atoms with van der Waals surface area (Å²) in [5.74, 6) is 6.30. The molecule has 0 saturated heterocycles. The summed E-state index contributed by atoms with van der Waals surface area (Å²) in [7, 11) is 1.62. The molecule has 0 saturated carbocycles. The highest BCUT2D eigenvalue weighted by Crippen LogP contribution is 2.13. The zero-order chi connectivity index (χ0) is 19.7. The Labute approximate surface area is 162 Å². The third-order valence-electron chi connectivity index (χ3n) is 3.67. The molecule has 27 heavy (non-hydrogen) atoms. The van der Waals surface area contributed by atoms with Crippen molar-refractivity contribution < 1.29 is 14.3 Å². The molecule has 0 aliphatic heterocycles. The van der Waals surface area contributed by atoms with Crippen LogP contribution in [0.2, 0.25) is 0 Å². The van der Waals surface area contributed by atoms with Gasteiger partial charge >= 0.3 is 6.09 Å². The Morgan fingerprint density at radius 3 is 2.11 bits per heavy atom. The first-order valence-electron chi connectivity index (χ1n) is 9.00. The smallest absolute Gasteiger partial charge is 0.410 e. The maximum Gasteiger partial charge on any atom is 0.410 e. The third-order valence-corrected chi connectivity index (χ3v) is 3.67. The lowest BCUT2D eigenvalue weighted by molar-refractivity contribution is 0.0184. The number of methoxy groups -OCH3 is 1. The summed E-state index contributed by atoms with van der Waals surface area (Å²) in [6, 6.07) is 17.8. The molecule has 0 unspecified atom stereocenters. The van der Waals surface area contributed by atoms with E-state index in [4.69, 9.17) is 9.47 Å². The van der Waals surface area contributed by atoms with Gasteiger partial charge in [0, 0.05) is 31.3 Å². The van der Waals surface area contributed by atoms with Crippen LogP contribution < -0.4 is 0 Å². The van der Waals surface area contributed by atoms with Gasteiger partial charge in [0.15, 0.2) is 0 Å². The molecule has 2 rings (SSSR count). The first-order valence-corrected chi connectivity index (χ1v) is 9.00. The van der Waals surface area contributed by atoms with Crippen LogP contribution in [0.5, 0.6) is 0 Å². The van der Waals surface area contributed by atoms with Gasteiger partial charge in [-0.1, -0.05) is 42.2 Å². The van der Waals surface area contributed by atoms with Crippen molar-refractivity contribution in [3.63, 3.8) is 0 Å². The number of benzene rings is 2. The lowest BCUT2D eigenvalue weighted by Gasteiger charge is -2.27. The lowest BCUT2D eigenvalue weighted by Crippen LogP contribution is -2.38. The van der Waals surface area contributed by atoms with Gasteiger partial charge in [-0.25, -0.2) is 4.79 Å². The van der Waals surface area contributed by atoms with Gasteiger partial charge in [-0.2, -0.15) is 0 Å². The van der Waals surface area contributed by atoms with Gasteiger partial charge in [0.2, 0.25) is 0 Å². The van der Waals surface area contributed by atoms with Gasteiger partial charge in [-0.15, -0.1) is 0 Å². The van der Waals surface area contributed by atoms with E-state index in [9.17, 15) is 4.79 Å². The van der Waals surface area contributed by atoms with Crippen LogP contribution in [-0.2, 0) is 16.0 Å². The predicted molar refractivity (Wildman–Crippen MR) is 107 cm³/mol. The van der Waals surface area contributed by atoms with E-state index in [0.717, 1.165) is 16.7 Å². The number of ether oxygens (including phenoxy) is 2. The Morgan fingerprint density at radius 2 is 1.56 bits per heavy atom. The van der Waals surface area contributed by atoms with Crippen molar-refractivity contribution in [2.24, 2.45) is 0 Å². The number of nitrogens with zero attached hydrogens (tertiary/aromatic N) is 1. The monoisotopic (exact) mass is 365 g/mol. The third kappa shape index (κ3) is 7.55. The summed E-state index contributed by atoms with van der Waals surface area (Å²) in [4.78, 5) is 14.1. The summed E-state index contributed by atoms with van der Waals surface area (Å²) in [5, 5.41) is 0. The summed E-state index contributed by atoms with van der Waals surface area (Å²) in [6.45, 7) is 6.98. The second-order valence-electron chi connectivity index (χ2n) is 7.21. The lowest BCUT2D eigenvalue weighted by atomic mass is 10.1. The van der Waals surface area contributed by atoms with Gasteiger partial charge in [-0.3, -0.25) is 0 Å². The normalized spacial score (nSPS) is 10.7. The number of amides is 1. The van der Waals surface area contributed by atoms with Crippen molar-refractivity contribution in [1.82, 2.24) is 4.90 Å². The predicted octanol–water partition coefficient (Wildman–Crippen LogP) is 4.47. The van der Waals surface area contributed by atoms with Crippen molar-refractivity contribution in [2.75, 3.05) is 20.3 Å². The topological polar surface area (TPSA) is 38.8 Å². The molecule has 0 fully saturated rings. The molecule has 0 spiro atoms. The summed E-state index contributed by atoms with van der Waals surface area (Å²) < 4.78 is 10.6. The Kier molecular flexibility index (Phi) is 7.45. The van der Waals surface area contributed by atoms with Gasteiger partial charge in [0.25, 0.3) is 0 Å². The molecule has 0 N–H and O–H groups in total. The molecular weight excluding hydrogens is 338 g/mol. The Hall–Kier alpha value is -2.77. The quantitative estimate of drug-likeness (QED) is 0.734. The van der Waals surface area contributed by atoms with Crippen molar-refractivity contribution in [1.29, 1.82) is 0 Å².